The number of carbonyl (C=O) groups excluding carboxylic acids is 1. The van der Waals surface area contributed by atoms with Gasteiger partial charge in [0.1, 0.15) is 0 Å². The molecule has 100 valence electrons. The fourth-order valence-corrected chi connectivity index (χ4v) is 2.75. The molecule has 1 aliphatic heterocycles. The van der Waals surface area contributed by atoms with Crippen LogP contribution in [0.1, 0.15) is 34.1 Å². The quantitative estimate of drug-likeness (QED) is 0.784. The highest BCUT2D eigenvalue weighted by molar-refractivity contribution is 5.83. The predicted molar refractivity (Wildman–Crippen MR) is 70.7 cm³/mol. The lowest BCUT2D eigenvalue weighted by atomic mass is 9.92. The molecule has 0 aliphatic carbocycles. The number of hydrogen-bond donors (Lipinski definition) is 1. The van der Waals surface area contributed by atoms with E-state index in [1.54, 1.807) is 0 Å². The summed E-state index contributed by atoms with van der Waals surface area (Å²) < 4.78 is 0. The molecular weight excluding hydrogens is 214 g/mol. The number of carbonyl (C=O) groups is 1. The number of nitrogens with zero attached hydrogens (tertiary/aromatic N) is 2. The fraction of sp³-hybridized carbons (Fsp3) is 0.923. The van der Waals surface area contributed by atoms with E-state index in [0.717, 1.165) is 19.5 Å². The first-order valence-corrected chi connectivity index (χ1v) is 6.48. The van der Waals surface area contributed by atoms with Gasteiger partial charge in [0, 0.05) is 13.1 Å². The van der Waals surface area contributed by atoms with E-state index in [9.17, 15) is 4.79 Å². The lowest BCUT2D eigenvalue weighted by Crippen LogP contribution is -2.45. The van der Waals surface area contributed by atoms with E-state index in [4.69, 9.17) is 0 Å². The molecule has 1 aliphatic rings. The van der Waals surface area contributed by atoms with Crippen molar-refractivity contribution >= 4 is 5.91 Å². The SMILES string of the molecule is CCC1NC(C)C(=O)N1CC(C)(C)CN(C)C. The van der Waals surface area contributed by atoms with Crippen molar-refractivity contribution in [2.24, 2.45) is 5.41 Å². The van der Waals surface area contributed by atoms with Crippen molar-refractivity contribution in [3.8, 4) is 0 Å². The van der Waals surface area contributed by atoms with Gasteiger partial charge in [0.05, 0.1) is 12.2 Å². The van der Waals surface area contributed by atoms with Crippen LogP contribution >= 0.6 is 0 Å². The summed E-state index contributed by atoms with van der Waals surface area (Å²) in [5.74, 6) is 0.240. The monoisotopic (exact) mass is 241 g/mol. The Hall–Kier alpha value is -0.610. The molecule has 0 aromatic heterocycles. The Bertz CT molecular complexity index is 276. The van der Waals surface area contributed by atoms with Gasteiger partial charge in [-0.05, 0) is 32.9 Å². The highest BCUT2D eigenvalue weighted by atomic mass is 16.2. The highest BCUT2D eigenvalue weighted by Gasteiger charge is 2.38. The minimum Gasteiger partial charge on any atom is -0.325 e. The second kappa shape index (κ2) is 5.36. The van der Waals surface area contributed by atoms with Crippen LogP contribution in [0.3, 0.4) is 0 Å². The summed E-state index contributed by atoms with van der Waals surface area (Å²) in [7, 11) is 4.15. The Morgan fingerprint density at radius 2 is 2.00 bits per heavy atom. The number of nitrogens with one attached hydrogen (secondary N) is 1. The Labute approximate surface area is 105 Å². The van der Waals surface area contributed by atoms with Crippen LogP contribution in [0.2, 0.25) is 0 Å². The van der Waals surface area contributed by atoms with E-state index in [0.29, 0.717) is 0 Å². The van der Waals surface area contributed by atoms with Gasteiger partial charge in [0.2, 0.25) is 5.91 Å². The summed E-state index contributed by atoms with van der Waals surface area (Å²) in [6.07, 6.45) is 1.17. The third-order valence-corrected chi connectivity index (χ3v) is 3.20. The van der Waals surface area contributed by atoms with Crippen LogP contribution < -0.4 is 5.32 Å². The normalized spacial score (nSPS) is 26.1. The first kappa shape index (κ1) is 14.5. The molecule has 0 saturated carbocycles. The molecule has 2 atom stereocenters. The first-order chi connectivity index (χ1) is 7.76. The maximum Gasteiger partial charge on any atom is 0.240 e. The molecule has 1 saturated heterocycles. The zero-order valence-electron chi connectivity index (χ0n) is 12.1. The molecule has 4 heteroatoms. The van der Waals surface area contributed by atoms with Crippen molar-refractivity contribution in [2.75, 3.05) is 27.2 Å². The molecule has 17 heavy (non-hydrogen) atoms. The van der Waals surface area contributed by atoms with Crippen molar-refractivity contribution in [3.05, 3.63) is 0 Å². The Morgan fingerprint density at radius 1 is 1.41 bits per heavy atom. The number of amides is 1. The smallest absolute Gasteiger partial charge is 0.240 e. The van der Waals surface area contributed by atoms with E-state index in [2.05, 4.69) is 45.1 Å². The van der Waals surface area contributed by atoms with Crippen molar-refractivity contribution in [1.29, 1.82) is 0 Å². The highest BCUT2D eigenvalue weighted by Crippen LogP contribution is 2.23. The average molecular weight is 241 g/mol. The zero-order chi connectivity index (χ0) is 13.2. The van der Waals surface area contributed by atoms with Crippen LogP contribution in [-0.2, 0) is 4.79 Å². The lowest BCUT2D eigenvalue weighted by Gasteiger charge is -2.35. The van der Waals surface area contributed by atoms with Gasteiger partial charge in [-0.2, -0.15) is 0 Å². The lowest BCUT2D eigenvalue weighted by molar-refractivity contribution is -0.131. The van der Waals surface area contributed by atoms with E-state index in [1.165, 1.54) is 0 Å². The van der Waals surface area contributed by atoms with Gasteiger partial charge < -0.3 is 9.80 Å². The molecule has 1 N–H and O–H groups in total. The Kier molecular flexibility index (Phi) is 4.55. The van der Waals surface area contributed by atoms with Gasteiger partial charge in [-0.25, -0.2) is 0 Å². The average Bonchev–Trinajstić information content (AvgIpc) is 2.43. The van der Waals surface area contributed by atoms with Crippen LogP contribution in [0.15, 0.2) is 0 Å². The molecule has 0 aromatic rings. The minimum absolute atomic E-state index is 0.0323. The van der Waals surface area contributed by atoms with Gasteiger partial charge in [0.25, 0.3) is 0 Å². The second-order valence-corrected chi connectivity index (χ2v) is 6.18. The molecule has 1 rings (SSSR count). The van der Waals surface area contributed by atoms with Gasteiger partial charge in [0.15, 0.2) is 0 Å². The molecular formula is C13H27N3O. The van der Waals surface area contributed by atoms with Crippen LogP contribution in [-0.4, -0.2) is 55.1 Å². The van der Waals surface area contributed by atoms with E-state index in [-0.39, 0.29) is 23.5 Å². The molecule has 0 bridgehead atoms. The van der Waals surface area contributed by atoms with Crippen molar-refractivity contribution < 1.29 is 4.79 Å². The fourth-order valence-electron chi connectivity index (χ4n) is 2.75. The summed E-state index contributed by atoms with van der Waals surface area (Å²) in [5, 5.41) is 3.34. The molecule has 4 nitrogen and oxygen atoms in total. The maximum absolute atomic E-state index is 12.1. The largest absolute Gasteiger partial charge is 0.325 e. The van der Waals surface area contributed by atoms with Crippen LogP contribution in [0.25, 0.3) is 0 Å². The zero-order valence-corrected chi connectivity index (χ0v) is 12.1. The molecule has 0 spiro atoms. The van der Waals surface area contributed by atoms with Crippen LogP contribution in [0.5, 0.6) is 0 Å². The van der Waals surface area contributed by atoms with Crippen LogP contribution in [0, 0.1) is 5.41 Å². The van der Waals surface area contributed by atoms with Crippen molar-refractivity contribution in [1.82, 2.24) is 15.1 Å². The van der Waals surface area contributed by atoms with Crippen LogP contribution in [0.4, 0.5) is 0 Å². The van der Waals surface area contributed by atoms with Crippen molar-refractivity contribution in [2.45, 2.75) is 46.3 Å². The number of hydrogen-bond acceptors (Lipinski definition) is 3. The van der Waals surface area contributed by atoms with Crippen molar-refractivity contribution in [3.63, 3.8) is 0 Å². The van der Waals surface area contributed by atoms with E-state index >= 15 is 0 Å². The Morgan fingerprint density at radius 3 is 2.47 bits per heavy atom. The predicted octanol–water partition coefficient (Wildman–Crippen LogP) is 1.13. The molecule has 2 unspecified atom stereocenters. The third-order valence-electron chi connectivity index (χ3n) is 3.20. The minimum atomic E-state index is -0.0323. The summed E-state index contributed by atoms with van der Waals surface area (Å²) in [5.41, 5.74) is 0.123. The molecule has 1 amide bonds. The second-order valence-electron chi connectivity index (χ2n) is 6.18. The standard InChI is InChI=1S/C13H27N3O/c1-7-11-14-10(2)12(17)16(11)9-13(3,4)8-15(5)6/h10-11,14H,7-9H2,1-6H3. The summed E-state index contributed by atoms with van der Waals surface area (Å²) >= 11 is 0. The molecule has 1 fully saturated rings. The van der Waals surface area contributed by atoms with Gasteiger partial charge >= 0.3 is 0 Å². The first-order valence-electron chi connectivity index (χ1n) is 6.48. The number of rotatable bonds is 5. The topological polar surface area (TPSA) is 35.6 Å². The summed E-state index contributed by atoms with van der Waals surface area (Å²) in [6.45, 7) is 10.3. The van der Waals surface area contributed by atoms with E-state index in [1.807, 2.05) is 11.8 Å². The van der Waals surface area contributed by atoms with Gasteiger partial charge in [-0.3, -0.25) is 10.1 Å². The third kappa shape index (κ3) is 3.68. The Balaban J connectivity index is 2.68. The van der Waals surface area contributed by atoms with E-state index < -0.39 is 0 Å². The summed E-state index contributed by atoms with van der Waals surface area (Å²) in [6, 6.07) is -0.0323. The maximum atomic E-state index is 12.1. The van der Waals surface area contributed by atoms with Gasteiger partial charge in [-0.15, -0.1) is 0 Å². The van der Waals surface area contributed by atoms with Gasteiger partial charge in [-0.1, -0.05) is 20.8 Å². The molecule has 0 radical (unpaired) electrons. The summed E-state index contributed by atoms with van der Waals surface area (Å²) in [4.78, 5) is 16.3. The molecule has 1 heterocycles. The molecule has 0 aromatic carbocycles.